The molecule has 0 fully saturated rings. The highest BCUT2D eigenvalue weighted by Gasteiger charge is 2.21. The van der Waals surface area contributed by atoms with E-state index in [1.54, 1.807) is 6.07 Å². The second-order valence-corrected chi connectivity index (χ2v) is 5.13. The zero-order valence-corrected chi connectivity index (χ0v) is 12.4. The lowest BCUT2D eigenvalue weighted by molar-refractivity contribution is 0.170. The fourth-order valence-electron chi connectivity index (χ4n) is 2.26. The molecular formula is C18H20N2O. The Morgan fingerprint density at radius 3 is 2.62 bits per heavy atom. The summed E-state index contributed by atoms with van der Waals surface area (Å²) in [7, 11) is 0. The zero-order valence-electron chi connectivity index (χ0n) is 12.4. The van der Waals surface area contributed by atoms with Gasteiger partial charge in [0.15, 0.2) is 0 Å². The average molecular weight is 280 g/mol. The largest absolute Gasteiger partial charge is 0.483 e. The number of aryl methyl sites for hydroxylation is 1. The van der Waals surface area contributed by atoms with E-state index in [4.69, 9.17) is 10.5 Å². The smallest absolute Gasteiger partial charge is 0.139 e. The average Bonchev–Trinajstić information content (AvgIpc) is 2.52. The lowest BCUT2D eigenvalue weighted by Crippen LogP contribution is -2.31. The maximum atomic E-state index is 9.18. The van der Waals surface area contributed by atoms with Gasteiger partial charge in [0, 0.05) is 6.04 Å². The van der Waals surface area contributed by atoms with Crippen molar-refractivity contribution in [3.63, 3.8) is 0 Å². The highest BCUT2D eigenvalue weighted by molar-refractivity contribution is 5.43. The van der Waals surface area contributed by atoms with Gasteiger partial charge in [-0.3, -0.25) is 0 Å². The van der Waals surface area contributed by atoms with E-state index in [0.29, 0.717) is 11.3 Å². The number of nitrogens with zero attached hydrogens (tertiary/aromatic N) is 1. The van der Waals surface area contributed by atoms with Crippen molar-refractivity contribution in [3.8, 4) is 11.8 Å². The summed E-state index contributed by atoms with van der Waals surface area (Å²) < 4.78 is 6.08. The molecule has 2 rings (SSSR count). The molecule has 3 nitrogen and oxygen atoms in total. The molecule has 2 unspecified atom stereocenters. The van der Waals surface area contributed by atoms with Crippen LogP contribution in [0.25, 0.3) is 0 Å². The molecule has 0 saturated carbocycles. The van der Waals surface area contributed by atoms with Gasteiger partial charge in [-0.05, 0) is 31.0 Å². The van der Waals surface area contributed by atoms with Gasteiger partial charge in [0.05, 0.1) is 5.56 Å². The Labute approximate surface area is 126 Å². The minimum absolute atomic E-state index is 0.126. The highest BCUT2D eigenvalue weighted by atomic mass is 16.5. The van der Waals surface area contributed by atoms with Crippen molar-refractivity contribution in [2.45, 2.75) is 32.4 Å². The third-order valence-corrected chi connectivity index (χ3v) is 3.49. The Morgan fingerprint density at radius 1 is 1.19 bits per heavy atom. The Morgan fingerprint density at radius 2 is 1.95 bits per heavy atom. The summed E-state index contributed by atoms with van der Waals surface area (Å²) in [6.07, 6.45) is 0.539. The molecule has 0 spiro atoms. The van der Waals surface area contributed by atoms with Gasteiger partial charge in [-0.25, -0.2) is 0 Å². The standard InChI is InChI=1S/C18H20N2O/c1-3-16(20)18(14-9-6-7-13(2)11-14)21-17-10-5-4-8-15(17)12-19/h4-11,16,18H,3,20H2,1-2H3. The summed E-state index contributed by atoms with van der Waals surface area (Å²) in [6, 6.07) is 17.4. The van der Waals surface area contributed by atoms with E-state index in [9.17, 15) is 5.26 Å². The van der Waals surface area contributed by atoms with Crippen molar-refractivity contribution in [3.05, 3.63) is 65.2 Å². The van der Waals surface area contributed by atoms with Crippen LogP contribution in [0.3, 0.4) is 0 Å². The van der Waals surface area contributed by atoms with E-state index >= 15 is 0 Å². The molecule has 0 amide bonds. The topological polar surface area (TPSA) is 59.0 Å². The van der Waals surface area contributed by atoms with Crippen molar-refractivity contribution in [2.75, 3.05) is 0 Å². The first kappa shape index (κ1) is 15.1. The molecule has 21 heavy (non-hydrogen) atoms. The molecule has 0 aromatic heterocycles. The Balaban J connectivity index is 2.36. The van der Waals surface area contributed by atoms with E-state index in [0.717, 1.165) is 17.5 Å². The van der Waals surface area contributed by atoms with Gasteiger partial charge >= 0.3 is 0 Å². The minimum Gasteiger partial charge on any atom is -0.483 e. The first-order valence-electron chi connectivity index (χ1n) is 7.13. The van der Waals surface area contributed by atoms with Crippen LogP contribution < -0.4 is 10.5 Å². The molecule has 3 heteroatoms. The van der Waals surface area contributed by atoms with Crippen LogP contribution in [0.5, 0.6) is 5.75 Å². The van der Waals surface area contributed by atoms with Gasteiger partial charge in [0.25, 0.3) is 0 Å². The normalized spacial score (nSPS) is 13.2. The number of benzene rings is 2. The number of nitriles is 1. The molecular weight excluding hydrogens is 260 g/mol. The second kappa shape index (κ2) is 6.92. The predicted molar refractivity (Wildman–Crippen MR) is 84.0 cm³/mol. The van der Waals surface area contributed by atoms with E-state index in [-0.39, 0.29) is 12.1 Å². The molecule has 2 aromatic rings. The van der Waals surface area contributed by atoms with Crippen LogP contribution in [0.1, 0.15) is 36.1 Å². The molecule has 2 N–H and O–H groups in total. The quantitative estimate of drug-likeness (QED) is 0.908. The number of hydrogen-bond acceptors (Lipinski definition) is 3. The predicted octanol–water partition coefficient (Wildman–Crippen LogP) is 3.72. The summed E-state index contributed by atoms with van der Waals surface area (Å²) in [4.78, 5) is 0. The van der Waals surface area contributed by atoms with Crippen molar-refractivity contribution in [2.24, 2.45) is 5.73 Å². The van der Waals surface area contributed by atoms with Gasteiger partial charge in [-0.2, -0.15) is 5.26 Å². The van der Waals surface area contributed by atoms with Gasteiger partial charge in [-0.15, -0.1) is 0 Å². The van der Waals surface area contributed by atoms with Crippen molar-refractivity contribution < 1.29 is 4.74 Å². The summed E-state index contributed by atoms with van der Waals surface area (Å²) >= 11 is 0. The Hall–Kier alpha value is -2.31. The number of rotatable bonds is 5. The fraction of sp³-hybridized carbons (Fsp3) is 0.278. The number of ether oxygens (including phenoxy) is 1. The van der Waals surface area contributed by atoms with E-state index in [2.05, 4.69) is 12.1 Å². The molecule has 2 atom stereocenters. The van der Waals surface area contributed by atoms with Crippen LogP contribution in [0.15, 0.2) is 48.5 Å². The summed E-state index contributed by atoms with van der Waals surface area (Å²) in [5, 5.41) is 9.18. The summed E-state index contributed by atoms with van der Waals surface area (Å²) in [6.45, 7) is 4.08. The van der Waals surface area contributed by atoms with Crippen LogP contribution in [-0.4, -0.2) is 6.04 Å². The van der Waals surface area contributed by atoms with E-state index in [1.807, 2.05) is 50.2 Å². The molecule has 0 radical (unpaired) electrons. The van der Waals surface area contributed by atoms with E-state index < -0.39 is 0 Å². The Bertz CT molecular complexity index is 646. The Kier molecular flexibility index (Phi) is 4.97. The number of para-hydroxylation sites is 1. The lowest BCUT2D eigenvalue weighted by atomic mass is 9.99. The van der Waals surface area contributed by atoms with Gasteiger partial charge in [-0.1, -0.05) is 48.9 Å². The number of nitrogens with two attached hydrogens (primary N) is 1. The van der Waals surface area contributed by atoms with Crippen LogP contribution in [-0.2, 0) is 0 Å². The van der Waals surface area contributed by atoms with Crippen LogP contribution >= 0.6 is 0 Å². The third-order valence-electron chi connectivity index (χ3n) is 3.49. The van der Waals surface area contributed by atoms with Crippen molar-refractivity contribution >= 4 is 0 Å². The van der Waals surface area contributed by atoms with Crippen LogP contribution in [0, 0.1) is 18.3 Å². The molecule has 0 saturated heterocycles. The molecule has 2 aromatic carbocycles. The van der Waals surface area contributed by atoms with Crippen LogP contribution in [0.2, 0.25) is 0 Å². The highest BCUT2D eigenvalue weighted by Crippen LogP contribution is 2.28. The molecule has 0 heterocycles. The van der Waals surface area contributed by atoms with Crippen molar-refractivity contribution in [1.82, 2.24) is 0 Å². The van der Waals surface area contributed by atoms with Gasteiger partial charge in [0.1, 0.15) is 17.9 Å². The van der Waals surface area contributed by atoms with Gasteiger partial charge < -0.3 is 10.5 Å². The van der Waals surface area contributed by atoms with E-state index in [1.165, 1.54) is 0 Å². The zero-order chi connectivity index (χ0) is 15.2. The van der Waals surface area contributed by atoms with Crippen molar-refractivity contribution in [1.29, 1.82) is 5.26 Å². The lowest BCUT2D eigenvalue weighted by Gasteiger charge is -2.25. The third kappa shape index (κ3) is 3.62. The first-order valence-corrected chi connectivity index (χ1v) is 7.13. The first-order chi connectivity index (χ1) is 10.2. The maximum absolute atomic E-state index is 9.18. The second-order valence-electron chi connectivity index (χ2n) is 5.13. The fourth-order valence-corrected chi connectivity index (χ4v) is 2.26. The molecule has 0 bridgehead atoms. The monoisotopic (exact) mass is 280 g/mol. The molecule has 0 aliphatic heterocycles. The summed E-state index contributed by atoms with van der Waals surface area (Å²) in [5.74, 6) is 0.579. The minimum atomic E-state index is -0.260. The molecule has 0 aliphatic carbocycles. The number of hydrogen-bond donors (Lipinski definition) is 1. The maximum Gasteiger partial charge on any atom is 0.139 e. The SMILES string of the molecule is CCC(N)C(Oc1ccccc1C#N)c1cccc(C)c1. The van der Waals surface area contributed by atoms with Crippen LogP contribution in [0.4, 0.5) is 0 Å². The van der Waals surface area contributed by atoms with Gasteiger partial charge in [0.2, 0.25) is 0 Å². The summed E-state index contributed by atoms with van der Waals surface area (Å²) in [5.41, 5.74) is 8.96. The molecule has 108 valence electrons. The molecule has 0 aliphatic rings.